The van der Waals surface area contributed by atoms with Crippen LogP contribution in [0.15, 0.2) is 60.7 Å². The summed E-state index contributed by atoms with van der Waals surface area (Å²) in [6.07, 6.45) is 1.57. The minimum absolute atomic E-state index is 0.162. The van der Waals surface area contributed by atoms with Crippen molar-refractivity contribution < 1.29 is 19.1 Å². The molecule has 2 saturated heterocycles. The van der Waals surface area contributed by atoms with Crippen LogP contribution in [0.25, 0.3) is 0 Å². The van der Waals surface area contributed by atoms with E-state index >= 15 is 0 Å². The van der Waals surface area contributed by atoms with Gasteiger partial charge in [-0.05, 0) is 69.5 Å². The molecule has 39 heavy (non-hydrogen) atoms. The van der Waals surface area contributed by atoms with Crippen LogP contribution in [0.3, 0.4) is 0 Å². The van der Waals surface area contributed by atoms with E-state index in [9.17, 15) is 14.4 Å². The number of ketones is 1. The Morgan fingerprint density at radius 3 is 2.59 bits per heavy atom. The van der Waals surface area contributed by atoms with Crippen molar-refractivity contribution in [2.75, 3.05) is 23.8 Å². The number of carbonyl (C=O) groups excluding carboxylic acids is 3. The first kappa shape index (κ1) is 24.1. The maximum absolute atomic E-state index is 14.9. The van der Waals surface area contributed by atoms with Crippen molar-refractivity contribution in [3.63, 3.8) is 0 Å². The van der Waals surface area contributed by atoms with Crippen LogP contribution in [0.5, 0.6) is 5.75 Å². The van der Waals surface area contributed by atoms with Crippen molar-refractivity contribution in [1.29, 1.82) is 0 Å². The van der Waals surface area contributed by atoms with Crippen molar-refractivity contribution in [3.05, 3.63) is 88.5 Å². The summed E-state index contributed by atoms with van der Waals surface area (Å²) in [7, 11) is 0. The predicted octanol–water partition coefficient (Wildman–Crippen LogP) is 4.72. The number of hydrogen-bond acceptors (Lipinski definition) is 5. The van der Waals surface area contributed by atoms with Gasteiger partial charge in [0.05, 0.1) is 18.1 Å². The third-order valence-electron chi connectivity index (χ3n) is 9.28. The van der Waals surface area contributed by atoms with Crippen molar-refractivity contribution >= 4 is 29.0 Å². The number of fused-ring (bicyclic) bond motifs is 7. The summed E-state index contributed by atoms with van der Waals surface area (Å²) >= 11 is 0. The van der Waals surface area contributed by atoms with Gasteiger partial charge in [-0.25, -0.2) is 0 Å². The lowest BCUT2D eigenvalue weighted by atomic mass is 9.57. The van der Waals surface area contributed by atoms with Crippen molar-refractivity contribution in [2.45, 2.75) is 50.6 Å². The molecule has 3 aromatic carbocycles. The summed E-state index contributed by atoms with van der Waals surface area (Å²) in [6.45, 7) is 6.92. The van der Waals surface area contributed by atoms with Crippen molar-refractivity contribution in [1.82, 2.24) is 4.90 Å². The average Bonchev–Trinajstić information content (AvgIpc) is 3.64. The van der Waals surface area contributed by atoms with Crippen LogP contribution in [-0.2, 0) is 20.5 Å². The third-order valence-corrected chi connectivity index (χ3v) is 9.28. The summed E-state index contributed by atoms with van der Waals surface area (Å²) in [6, 6.07) is 18.6. The molecule has 7 nitrogen and oxygen atoms in total. The molecule has 0 aromatic heterocycles. The molecule has 2 N–H and O–H groups in total. The van der Waals surface area contributed by atoms with E-state index in [1.54, 1.807) is 12.1 Å². The van der Waals surface area contributed by atoms with E-state index in [2.05, 4.69) is 15.5 Å². The topological polar surface area (TPSA) is 87.7 Å². The molecule has 0 bridgehead atoms. The van der Waals surface area contributed by atoms with E-state index in [1.165, 1.54) is 0 Å². The minimum atomic E-state index is -1.46. The van der Waals surface area contributed by atoms with Gasteiger partial charge in [-0.15, -0.1) is 0 Å². The number of hydrogen-bond donors (Lipinski definition) is 2. The van der Waals surface area contributed by atoms with E-state index in [0.29, 0.717) is 35.7 Å². The smallest absolute Gasteiger partial charge is 0.251 e. The largest absolute Gasteiger partial charge is 0.493 e. The van der Waals surface area contributed by atoms with Crippen LogP contribution in [0.1, 0.15) is 52.4 Å². The van der Waals surface area contributed by atoms with Crippen LogP contribution in [0.4, 0.5) is 11.4 Å². The molecule has 3 aromatic rings. The Morgan fingerprint density at radius 1 is 1.00 bits per heavy atom. The minimum Gasteiger partial charge on any atom is -0.493 e. The molecule has 7 heteroatoms. The van der Waals surface area contributed by atoms with Gasteiger partial charge in [0, 0.05) is 23.0 Å². The zero-order chi connectivity index (χ0) is 27.1. The standard InChI is InChI=1S/C32H31N3O4/c1-4-39-25-14-8-5-10-20(25)28(36)26-24-13-9-15-35(24)32(22-17-18(2)16-19(3)27(22)34-30(32)38)31(26)21-11-6-7-12-23(21)33-29(31)37/h5-8,10-12,14,16-17,24,26H,4,9,13,15H2,1-3H3,(H,33,37)(H,34,38)/t24-,26+,31-,32-/m0/s1. The molecule has 4 aliphatic heterocycles. The number of carbonyl (C=O) groups is 3. The van der Waals surface area contributed by atoms with Gasteiger partial charge in [-0.3, -0.25) is 19.3 Å². The zero-order valence-electron chi connectivity index (χ0n) is 22.3. The fraction of sp³-hybridized carbons (Fsp3) is 0.344. The maximum atomic E-state index is 14.9. The highest BCUT2D eigenvalue weighted by Gasteiger charge is 2.81. The van der Waals surface area contributed by atoms with E-state index in [4.69, 9.17) is 4.74 Å². The number of ether oxygens (including phenoxy) is 1. The molecular weight excluding hydrogens is 490 g/mol. The number of para-hydroxylation sites is 2. The first-order chi connectivity index (χ1) is 18.9. The monoisotopic (exact) mass is 521 g/mol. The Morgan fingerprint density at radius 2 is 1.77 bits per heavy atom. The number of benzene rings is 3. The molecule has 4 heterocycles. The number of nitrogens with zero attached hydrogens (tertiary/aromatic N) is 1. The van der Waals surface area contributed by atoms with Gasteiger partial charge in [0.2, 0.25) is 5.91 Å². The van der Waals surface area contributed by atoms with Gasteiger partial charge >= 0.3 is 0 Å². The Kier molecular flexibility index (Phi) is 5.11. The number of nitrogens with one attached hydrogen (secondary N) is 2. The Labute approximate surface area is 227 Å². The molecule has 2 amide bonds. The molecule has 0 radical (unpaired) electrons. The average molecular weight is 522 g/mol. The van der Waals surface area contributed by atoms with Crippen molar-refractivity contribution in [2.24, 2.45) is 5.92 Å². The lowest BCUT2D eigenvalue weighted by molar-refractivity contribution is -0.137. The summed E-state index contributed by atoms with van der Waals surface area (Å²) in [5, 5.41) is 6.27. The molecule has 7 rings (SSSR count). The summed E-state index contributed by atoms with van der Waals surface area (Å²) in [5.41, 5.74) is 2.49. The molecule has 2 fully saturated rings. The molecule has 4 atom stereocenters. The SMILES string of the molecule is CCOc1ccccc1C(=O)[C@H]1[C@@H]2CCCN2[C@@]2(C(=O)Nc3c(C)cc(C)cc32)[C@]12C(=O)Nc1ccccc12. The normalized spacial score (nSPS) is 28.4. The van der Waals surface area contributed by atoms with E-state index < -0.39 is 16.9 Å². The quantitative estimate of drug-likeness (QED) is 0.486. The number of Topliss-reactive ketones (excluding diaryl/α,β-unsaturated/α-hetero) is 1. The number of aryl methyl sites for hydroxylation is 2. The lowest BCUT2D eigenvalue weighted by Gasteiger charge is -2.43. The van der Waals surface area contributed by atoms with Crippen LogP contribution in [0.2, 0.25) is 0 Å². The van der Waals surface area contributed by atoms with Crippen LogP contribution in [-0.4, -0.2) is 41.7 Å². The molecular formula is C32H31N3O4. The fourth-order valence-electron chi connectivity index (χ4n) is 8.16. The second-order valence-corrected chi connectivity index (χ2v) is 11.2. The molecule has 0 aliphatic carbocycles. The van der Waals surface area contributed by atoms with E-state index in [-0.39, 0.29) is 23.6 Å². The van der Waals surface area contributed by atoms with Crippen LogP contribution in [0, 0.1) is 19.8 Å². The summed E-state index contributed by atoms with van der Waals surface area (Å²) in [5.74, 6) is -0.987. The van der Waals surface area contributed by atoms with E-state index in [1.807, 2.05) is 69.3 Å². The van der Waals surface area contributed by atoms with Gasteiger partial charge in [0.25, 0.3) is 5.91 Å². The van der Waals surface area contributed by atoms with Crippen LogP contribution < -0.4 is 15.4 Å². The molecule has 0 unspecified atom stereocenters. The van der Waals surface area contributed by atoms with E-state index in [0.717, 1.165) is 35.2 Å². The lowest BCUT2D eigenvalue weighted by Crippen LogP contribution is -2.62. The highest BCUT2D eigenvalue weighted by molar-refractivity contribution is 6.21. The molecule has 2 spiro atoms. The highest BCUT2D eigenvalue weighted by atomic mass is 16.5. The van der Waals surface area contributed by atoms with Gasteiger partial charge in [-0.1, -0.05) is 48.0 Å². The Balaban J connectivity index is 1.59. The third kappa shape index (κ3) is 2.78. The van der Waals surface area contributed by atoms with Gasteiger partial charge < -0.3 is 15.4 Å². The number of amides is 2. The summed E-state index contributed by atoms with van der Waals surface area (Å²) in [4.78, 5) is 46.3. The molecule has 198 valence electrons. The first-order valence-corrected chi connectivity index (χ1v) is 13.7. The highest BCUT2D eigenvalue weighted by Crippen LogP contribution is 2.68. The van der Waals surface area contributed by atoms with Gasteiger partial charge in [-0.2, -0.15) is 0 Å². The zero-order valence-corrected chi connectivity index (χ0v) is 22.3. The van der Waals surface area contributed by atoms with Gasteiger partial charge in [0.15, 0.2) is 5.78 Å². The van der Waals surface area contributed by atoms with Gasteiger partial charge in [0.1, 0.15) is 16.7 Å². The predicted molar refractivity (Wildman–Crippen MR) is 148 cm³/mol. The second kappa shape index (κ2) is 8.26. The Bertz CT molecular complexity index is 1580. The second-order valence-electron chi connectivity index (χ2n) is 11.2. The summed E-state index contributed by atoms with van der Waals surface area (Å²) < 4.78 is 5.89. The molecule has 4 aliphatic rings. The number of anilines is 2. The fourth-order valence-corrected chi connectivity index (χ4v) is 8.16. The number of rotatable bonds is 4. The first-order valence-electron chi connectivity index (χ1n) is 13.7. The Hall–Kier alpha value is -3.97. The molecule has 0 saturated carbocycles. The maximum Gasteiger partial charge on any atom is 0.251 e. The van der Waals surface area contributed by atoms with Crippen LogP contribution >= 0.6 is 0 Å². The van der Waals surface area contributed by atoms with Crippen molar-refractivity contribution in [3.8, 4) is 5.75 Å².